The van der Waals surface area contributed by atoms with Crippen LogP contribution >= 0.6 is 0 Å². The summed E-state index contributed by atoms with van der Waals surface area (Å²) in [4.78, 5) is 36.6. The molecule has 0 saturated carbocycles. The largest absolute Gasteiger partial charge is 0.416 e. The Morgan fingerprint density at radius 2 is 1.33 bits per heavy atom. The molecule has 3 aromatic carbocycles. The summed E-state index contributed by atoms with van der Waals surface area (Å²) in [6.07, 6.45) is -4.51. The second kappa shape index (κ2) is 10.4. The molecule has 0 unspecified atom stereocenters. The fourth-order valence-electron chi connectivity index (χ4n) is 2.92. The van der Waals surface area contributed by atoms with E-state index in [1.807, 2.05) is 0 Å². The van der Waals surface area contributed by atoms with Gasteiger partial charge in [-0.25, -0.2) is 0 Å². The molecule has 3 amide bonds. The van der Waals surface area contributed by atoms with Gasteiger partial charge in [-0.2, -0.15) is 13.2 Å². The number of benzene rings is 3. The van der Waals surface area contributed by atoms with Crippen molar-refractivity contribution in [3.63, 3.8) is 0 Å². The molecular weight excluding hydrogens is 435 g/mol. The van der Waals surface area contributed by atoms with Crippen LogP contribution in [-0.2, 0) is 11.0 Å². The number of halogens is 3. The van der Waals surface area contributed by atoms with Crippen molar-refractivity contribution < 1.29 is 27.6 Å². The number of hydrogen-bond acceptors (Lipinski definition) is 3. The molecule has 0 heterocycles. The van der Waals surface area contributed by atoms with Crippen molar-refractivity contribution in [2.45, 2.75) is 12.6 Å². The van der Waals surface area contributed by atoms with Crippen LogP contribution in [0.15, 0.2) is 78.9 Å². The topological polar surface area (TPSA) is 87.3 Å². The summed E-state index contributed by atoms with van der Waals surface area (Å²) in [7, 11) is 0. The number of rotatable bonds is 7. The van der Waals surface area contributed by atoms with E-state index >= 15 is 0 Å². The fraction of sp³-hybridized carbons (Fsp3) is 0.125. The van der Waals surface area contributed by atoms with Crippen LogP contribution in [0.5, 0.6) is 0 Å². The average molecular weight is 455 g/mol. The Bertz CT molecular complexity index is 1150. The number of anilines is 2. The zero-order chi connectivity index (χ0) is 23.8. The second-order valence-electron chi connectivity index (χ2n) is 7.03. The first kappa shape index (κ1) is 23.5. The van der Waals surface area contributed by atoms with Gasteiger partial charge in [0.1, 0.15) is 0 Å². The number of alkyl halides is 3. The minimum Gasteiger partial charge on any atom is -0.352 e. The van der Waals surface area contributed by atoms with Crippen molar-refractivity contribution in [3.8, 4) is 0 Å². The van der Waals surface area contributed by atoms with E-state index in [4.69, 9.17) is 0 Å². The van der Waals surface area contributed by atoms with Gasteiger partial charge in [-0.15, -0.1) is 0 Å². The molecular formula is C24H20F3N3O3. The van der Waals surface area contributed by atoms with Gasteiger partial charge in [0, 0.05) is 35.5 Å². The highest BCUT2D eigenvalue weighted by Crippen LogP contribution is 2.30. The number of carbonyl (C=O) groups excluding carboxylic acids is 3. The summed E-state index contributed by atoms with van der Waals surface area (Å²) >= 11 is 0. The van der Waals surface area contributed by atoms with Gasteiger partial charge < -0.3 is 16.0 Å². The molecule has 0 atom stereocenters. The Morgan fingerprint density at radius 1 is 0.697 bits per heavy atom. The minimum absolute atomic E-state index is 0.00146. The van der Waals surface area contributed by atoms with Crippen molar-refractivity contribution in [1.82, 2.24) is 5.32 Å². The molecule has 33 heavy (non-hydrogen) atoms. The van der Waals surface area contributed by atoms with Gasteiger partial charge in [0.15, 0.2) is 0 Å². The standard InChI is InChI=1S/C24H20F3N3O3/c25-24(26,27)18-9-5-11-20(15-18)30-23(33)17-8-4-10-19(14-17)29-21(31)12-13-28-22(32)16-6-2-1-3-7-16/h1-11,14-15H,12-13H2,(H,28,32)(H,29,31)(H,30,33). The molecule has 3 N–H and O–H groups in total. The lowest BCUT2D eigenvalue weighted by molar-refractivity contribution is -0.137. The lowest BCUT2D eigenvalue weighted by Gasteiger charge is -2.11. The molecule has 170 valence electrons. The van der Waals surface area contributed by atoms with Crippen LogP contribution in [-0.4, -0.2) is 24.3 Å². The highest BCUT2D eigenvalue weighted by atomic mass is 19.4. The van der Waals surface area contributed by atoms with Crippen LogP contribution in [0.3, 0.4) is 0 Å². The van der Waals surface area contributed by atoms with Crippen LogP contribution in [0.2, 0.25) is 0 Å². The van der Waals surface area contributed by atoms with E-state index in [2.05, 4.69) is 16.0 Å². The van der Waals surface area contributed by atoms with Crippen LogP contribution in [0.25, 0.3) is 0 Å². The molecule has 0 fully saturated rings. The van der Waals surface area contributed by atoms with Crippen molar-refractivity contribution in [3.05, 3.63) is 95.6 Å². The second-order valence-corrected chi connectivity index (χ2v) is 7.03. The molecule has 0 bridgehead atoms. The predicted molar refractivity (Wildman–Crippen MR) is 118 cm³/mol. The molecule has 0 aliphatic rings. The Kier molecular flexibility index (Phi) is 7.45. The maximum Gasteiger partial charge on any atom is 0.416 e. The summed E-state index contributed by atoms with van der Waals surface area (Å²) in [6, 6.07) is 18.9. The van der Waals surface area contributed by atoms with Gasteiger partial charge in [0.25, 0.3) is 11.8 Å². The number of nitrogens with one attached hydrogen (secondary N) is 3. The molecule has 0 radical (unpaired) electrons. The third kappa shape index (κ3) is 6.93. The zero-order valence-corrected chi connectivity index (χ0v) is 17.3. The SMILES string of the molecule is O=C(CCNC(=O)c1ccccc1)Nc1cccc(C(=O)Nc2cccc(C(F)(F)F)c2)c1. The van der Waals surface area contributed by atoms with Crippen molar-refractivity contribution >= 4 is 29.1 Å². The van der Waals surface area contributed by atoms with Gasteiger partial charge in [-0.05, 0) is 48.5 Å². The molecule has 0 spiro atoms. The summed E-state index contributed by atoms with van der Waals surface area (Å²) in [5.41, 5.74) is 0.102. The monoisotopic (exact) mass is 455 g/mol. The van der Waals surface area contributed by atoms with E-state index < -0.39 is 17.6 Å². The Morgan fingerprint density at radius 3 is 2.03 bits per heavy atom. The predicted octanol–water partition coefficient (Wildman–Crippen LogP) is 4.72. The molecule has 3 rings (SSSR count). The molecule has 0 saturated heterocycles. The normalized spacial score (nSPS) is 10.9. The first-order valence-corrected chi connectivity index (χ1v) is 9.94. The maximum atomic E-state index is 12.8. The van der Waals surface area contributed by atoms with Crippen LogP contribution in [0.1, 0.15) is 32.7 Å². The van der Waals surface area contributed by atoms with E-state index in [0.29, 0.717) is 11.3 Å². The Labute approximate surface area is 187 Å². The third-order valence-corrected chi connectivity index (χ3v) is 4.53. The van der Waals surface area contributed by atoms with E-state index in [-0.39, 0.29) is 36.0 Å². The van der Waals surface area contributed by atoms with Gasteiger partial charge >= 0.3 is 6.18 Å². The number of amides is 3. The Balaban J connectivity index is 1.54. The van der Waals surface area contributed by atoms with Gasteiger partial charge in [0.2, 0.25) is 5.91 Å². The van der Waals surface area contributed by atoms with E-state index in [0.717, 1.165) is 12.1 Å². The van der Waals surface area contributed by atoms with Crippen molar-refractivity contribution in [2.24, 2.45) is 0 Å². The summed E-state index contributed by atoms with van der Waals surface area (Å²) < 4.78 is 38.5. The molecule has 0 aliphatic carbocycles. The Hall–Kier alpha value is -4.14. The van der Waals surface area contributed by atoms with Gasteiger partial charge in [-0.1, -0.05) is 30.3 Å². The van der Waals surface area contributed by atoms with E-state index in [1.54, 1.807) is 36.4 Å². The third-order valence-electron chi connectivity index (χ3n) is 4.53. The van der Waals surface area contributed by atoms with Gasteiger partial charge in [0.05, 0.1) is 5.56 Å². The smallest absolute Gasteiger partial charge is 0.352 e. The minimum atomic E-state index is -4.52. The fourth-order valence-corrected chi connectivity index (χ4v) is 2.92. The summed E-state index contributed by atoms with van der Waals surface area (Å²) in [5, 5.41) is 7.68. The van der Waals surface area contributed by atoms with Crippen LogP contribution in [0.4, 0.5) is 24.5 Å². The quantitative estimate of drug-likeness (QED) is 0.482. The molecule has 6 nitrogen and oxygen atoms in total. The van der Waals surface area contributed by atoms with Crippen LogP contribution in [0, 0.1) is 0 Å². The molecule has 0 aliphatic heterocycles. The molecule has 3 aromatic rings. The van der Waals surface area contributed by atoms with Crippen molar-refractivity contribution in [2.75, 3.05) is 17.2 Å². The number of hydrogen-bond donors (Lipinski definition) is 3. The van der Waals surface area contributed by atoms with Crippen LogP contribution < -0.4 is 16.0 Å². The van der Waals surface area contributed by atoms with E-state index in [1.165, 1.54) is 30.3 Å². The maximum absolute atomic E-state index is 12.8. The summed E-state index contributed by atoms with van der Waals surface area (Å²) in [6.45, 7) is 0.120. The molecule has 9 heteroatoms. The van der Waals surface area contributed by atoms with E-state index in [9.17, 15) is 27.6 Å². The lowest BCUT2D eigenvalue weighted by atomic mass is 10.1. The average Bonchev–Trinajstić information content (AvgIpc) is 2.79. The zero-order valence-electron chi connectivity index (χ0n) is 17.3. The first-order valence-electron chi connectivity index (χ1n) is 9.94. The highest BCUT2D eigenvalue weighted by Gasteiger charge is 2.30. The first-order chi connectivity index (χ1) is 15.7. The number of carbonyl (C=O) groups is 3. The highest BCUT2D eigenvalue weighted by molar-refractivity contribution is 6.05. The van der Waals surface area contributed by atoms with Crippen molar-refractivity contribution in [1.29, 1.82) is 0 Å². The molecule has 0 aromatic heterocycles. The van der Waals surface area contributed by atoms with Gasteiger partial charge in [-0.3, -0.25) is 14.4 Å². The lowest BCUT2D eigenvalue weighted by Crippen LogP contribution is -2.27. The summed E-state index contributed by atoms with van der Waals surface area (Å²) in [5.74, 6) is -1.30.